The first kappa shape index (κ1) is 12.3. The van der Waals surface area contributed by atoms with E-state index >= 15 is 0 Å². The summed E-state index contributed by atoms with van der Waals surface area (Å²) >= 11 is 1.59. The van der Waals surface area contributed by atoms with Crippen molar-refractivity contribution in [3.63, 3.8) is 0 Å². The molecule has 0 N–H and O–H groups in total. The molecule has 0 saturated carbocycles. The van der Waals surface area contributed by atoms with Crippen LogP contribution in [-0.2, 0) is 12.8 Å². The van der Waals surface area contributed by atoms with Crippen LogP contribution in [0.4, 0.5) is 0 Å². The molecule has 19 heavy (non-hydrogen) atoms. The van der Waals surface area contributed by atoms with Crippen molar-refractivity contribution in [2.45, 2.75) is 33.1 Å². The van der Waals surface area contributed by atoms with Gasteiger partial charge in [-0.15, -0.1) is 10.2 Å². The number of aryl methyl sites for hydroxylation is 2. The van der Waals surface area contributed by atoms with E-state index < -0.39 is 0 Å². The van der Waals surface area contributed by atoms with E-state index in [2.05, 4.69) is 53.4 Å². The van der Waals surface area contributed by atoms with Gasteiger partial charge in [0.15, 0.2) is 5.82 Å². The van der Waals surface area contributed by atoms with E-state index in [1.807, 2.05) is 4.52 Å². The summed E-state index contributed by atoms with van der Waals surface area (Å²) in [5.74, 6) is 0.949. The van der Waals surface area contributed by atoms with E-state index in [9.17, 15) is 0 Å². The number of nitrogens with zero attached hydrogens (tertiary/aromatic N) is 4. The van der Waals surface area contributed by atoms with Crippen LogP contribution >= 0.6 is 11.3 Å². The molecule has 98 valence electrons. The van der Waals surface area contributed by atoms with Crippen LogP contribution in [0, 0.1) is 0 Å². The highest BCUT2D eigenvalue weighted by Gasteiger charge is 2.12. The zero-order valence-corrected chi connectivity index (χ0v) is 11.9. The summed E-state index contributed by atoms with van der Waals surface area (Å²) in [6.45, 7) is 4.30. The molecule has 0 aliphatic rings. The predicted molar refractivity (Wildman–Crippen MR) is 77.5 cm³/mol. The molecular weight excluding hydrogens is 256 g/mol. The second-order valence-electron chi connectivity index (χ2n) is 4.52. The Morgan fingerprint density at radius 3 is 2.58 bits per heavy atom. The second kappa shape index (κ2) is 5.09. The molecule has 4 nitrogen and oxygen atoms in total. The quantitative estimate of drug-likeness (QED) is 0.731. The molecule has 0 bridgehead atoms. The standard InChI is InChI=1S/C14H16N4S/c1-3-5-12-15-16-14-18(12)17-13(19-14)11-8-6-10(4-2)7-9-11/h6-9H,3-5H2,1-2H3. The molecule has 0 aliphatic heterocycles. The molecule has 3 rings (SSSR count). The van der Waals surface area contributed by atoms with Gasteiger partial charge in [-0.1, -0.05) is 49.4 Å². The third-order valence-corrected chi connectivity index (χ3v) is 4.09. The Morgan fingerprint density at radius 2 is 1.89 bits per heavy atom. The molecule has 0 spiro atoms. The smallest absolute Gasteiger partial charge is 0.187 e. The summed E-state index contributed by atoms with van der Waals surface area (Å²) in [6.07, 6.45) is 3.03. The summed E-state index contributed by atoms with van der Waals surface area (Å²) in [6, 6.07) is 8.57. The van der Waals surface area contributed by atoms with Crippen LogP contribution < -0.4 is 0 Å². The van der Waals surface area contributed by atoms with Crippen molar-refractivity contribution in [3.8, 4) is 10.6 Å². The van der Waals surface area contributed by atoms with Gasteiger partial charge in [-0.05, 0) is 18.4 Å². The summed E-state index contributed by atoms with van der Waals surface area (Å²) in [5, 5.41) is 14.0. The number of benzene rings is 1. The molecule has 2 aromatic heterocycles. The van der Waals surface area contributed by atoms with Crippen molar-refractivity contribution in [1.82, 2.24) is 19.8 Å². The minimum Gasteiger partial charge on any atom is -0.187 e. The lowest BCUT2D eigenvalue weighted by Gasteiger charge is -1.98. The van der Waals surface area contributed by atoms with Crippen LogP contribution in [0.25, 0.3) is 15.5 Å². The van der Waals surface area contributed by atoms with Crippen LogP contribution in [0.3, 0.4) is 0 Å². The first-order chi connectivity index (χ1) is 9.31. The SMILES string of the molecule is CCCc1nnc2sc(-c3ccc(CC)cc3)nn12. The maximum absolute atomic E-state index is 4.63. The van der Waals surface area contributed by atoms with Gasteiger partial charge in [0.05, 0.1) is 0 Å². The van der Waals surface area contributed by atoms with Gasteiger partial charge in [0.25, 0.3) is 0 Å². The number of hydrogen-bond acceptors (Lipinski definition) is 4. The van der Waals surface area contributed by atoms with E-state index in [1.54, 1.807) is 11.3 Å². The van der Waals surface area contributed by atoms with Crippen molar-refractivity contribution in [1.29, 1.82) is 0 Å². The zero-order chi connectivity index (χ0) is 13.2. The largest absolute Gasteiger partial charge is 0.234 e. The number of aromatic nitrogens is 4. The van der Waals surface area contributed by atoms with E-state index in [1.165, 1.54) is 5.56 Å². The highest BCUT2D eigenvalue weighted by Crippen LogP contribution is 2.25. The Bertz CT molecular complexity index is 681. The average molecular weight is 272 g/mol. The summed E-state index contributed by atoms with van der Waals surface area (Å²) in [5.41, 5.74) is 2.49. The van der Waals surface area contributed by atoms with Crippen molar-refractivity contribution >= 4 is 16.3 Å². The Balaban J connectivity index is 1.99. The van der Waals surface area contributed by atoms with Gasteiger partial charge < -0.3 is 0 Å². The van der Waals surface area contributed by atoms with Crippen molar-refractivity contribution in [3.05, 3.63) is 35.7 Å². The van der Waals surface area contributed by atoms with Gasteiger partial charge >= 0.3 is 0 Å². The molecule has 2 heterocycles. The molecule has 3 aromatic rings. The normalized spacial score (nSPS) is 11.3. The minimum atomic E-state index is 0.873. The number of hydrogen-bond donors (Lipinski definition) is 0. The molecule has 5 heteroatoms. The van der Waals surface area contributed by atoms with Crippen LogP contribution in [0.5, 0.6) is 0 Å². The fourth-order valence-corrected chi connectivity index (χ4v) is 2.90. The molecule has 0 amide bonds. The Morgan fingerprint density at radius 1 is 1.11 bits per heavy atom. The molecule has 0 saturated heterocycles. The highest BCUT2D eigenvalue weighted by molar-refractivity contribution is 7.19. The van der Waals surface area contributed by atoms with Crippen LogP contribution in [0.15, 0.2) is 24.3 Å². The average Bonchev–Trinajstić information content (AvgIpc) is 3.01. The second-order valence-corrected chi connectivity index (χ2v) is 5.47. The summed E-state index contributed by atoms with van der Waals surface area (Å²) in [7, 11) is 0. The molecule has 1 aromatic carbocycles. The molecule has 0 fully saturated rings. The number of fused-ring (bicyclic) bond motifs is 1. The Kier molecular flexibility index (Phi) is 3.29. The third-order valence-electron chi connectivity index (χ3n) is 3.14. The van der Waals surface area contributed by atoms with E-state index in [4.69, 9.17) is 0 Å². The van der Waals surface area contributed by atoms with Crippen LogP contribution in [0.1, 0.15) is 31.7 Å². The van der Waals surface area contributed by atoms with Gasteiger partial charge in [-0.3, -0.25) is 0 Å². The molecule has 0 atom stereocenters. The van der Waals surface area contributed by atoms with Crippen LogP contribution in [0.2, 0.25) is 0 Å². The van der Waals surface area contributed by atoms with Crippen molar-refractivity contribution in [2.75, 3.05) is 0 Å². The Hall–Kier alpha value is -1.75. The predicted octanol–water partition coefficient (Wildman–Crippen LogP) is 3.37. The lowest BCUT2D eigenvalue weighted by Crippen LogP contribution is -1.95. The van der Waals surface area contributed by atoms with E-state index in [0.29, 0.717) is 0 Å². The fourth-order valence-electron chi connectivity index (χ4n) is 2.04. The van der Waals surface area contributed by atoms with Crippen molar-refractivity contribution < 1.29 is 0 Å². The zero-order valence-electron chi connectivity index (χ0n) is 11.1. The first-order valence-electron chi connectivity index (χ1n) is 6.62. The highest BCUT2D eigenvalue weighted by atomic mass is 32.1. The monoisotopic (exact) mass is 272 g/mol. The third kappa shape index (κ3) is 2.26. The van der Waals surface area contributed by atoms with E-state index in [-0.39, 0.29) is 0 Å². The first-order valence-corrected chi connectivity index (χ1v) is 7.44. The minimum absolute atomic E-state index is 0.873. The molecule has 0 unspecified atom stereocenters. The van der Waals surface area contributed by atoms with Gasteiger partial charge in [0.2, 0.25) is 4.96 Å². The maximum Gasteiger partial charge on any atom is 0.234 e. The van der Waals surface area contributed by atoms with Crippen LogP contribution in [-0.4, -0.2) is 19.8 Å². The number of rotatable bonds is 4. The lowest BCUT2D eigenvalue weighted by atomic mass is 10.1. The van der Waals surface area contributed by atoms with Gasteiger partial charge in [0.1, 0.15) is 5.01 Å². The van der Waals surface area contributed by atoms with Gasteiger partial charge in [-0.2, -0.15) is 9.61 Å². The van der Waals surface area contributed by atoms with E-state index in [0.717, 1.165) is 40.6 Å². The topological polar surface area (TPSA) is 43.1 Å². The maximum atomic E-state index is 4.63. The molecular formula is C14H16N4S. The Labute approximate surface area is 116 Å². The van der Waals surface area contributed by atoms with Crippen molar-refractivity contribution in [2.24, 2.45) is 0 Å². The fraction of sp³-hybridized carbons (Fsp3) is 0.357. The summed E-state index contributed by atoms with van der Waals surface area (Å²) in [4.78, 5) is 0.873. The van der Waals surface area contributed by atoms with Gasteiger partial charge in [-0.25, -0.2) is 0 Å². The lowest BCUT2D eigenvalue weighted by molar-refractivity contribution is 0.778. The van der Waals surface area contributed by atoms with Gasteiger partial charge in [0, 0.05) is 12.0 Å². The molecule has 0 radical (unpaired) electrons. The summed E-state index contributed by atoms with van der Waals surface area (Å²) < 4.78 is 1.87. The molecule has 0 aliphatic carbocycles.